The number of nitro groups is 1. The van der Waals surface area contributed by atoms with Crippen LogP contribution in [0.25, 0.3) is 11.3 Å². The van der Waals surface area contributed by atoms with Gasteiger partial charge >= 0.3 is 0 Å². The maximum absolute atomic E-state index is 10.7. The first kappa shape index (κ1) is 13.3. The summed E-state index contributed by atoms with van der Waals surface area (Å²) < 4.78 is 5.46. The second kappa shape index (κ2) is 5.65. The molecule has 1 aromatic heterocycles. The fraction of sp³-hybridized carbons (Fsp3) is 0. The maximum Gasteiger partial charge on any atom is 0.270 e. The summed E-state index contributed by atoms with van der Waals surface area (Å²) in [5.41, 5.74) is 10.8. The molecular formula is C12H11N5O3. The number of non-ortho nitro benzene ring substituents is 1. The Morgan fingerprint density at radius 2 is 2.10 bits per heavy atom. The summed E-state index contributed by atoms with van der Waals surface area (Å²) in [7, 11) is 0. The summed E-state index contributed by atoms with van der Waals surface area (Å²) in [6, 6.07) is 9.46. The van der Waals surface area contributed by atoms with E-state index in [-0.39, 0.29) is 11.6 Å². The van der Waals surface area contributed by atoms with Crippen LogP contribution in [0.3, 0.4) is 0 Å². The predicted molar refractivity (Wildman–Crippen MR) is 74.2 cm³/mol. The SMILES string of the molecule is NC(N)=N/N=C/c1ccc(-c2cccc([N+](=O)[O-])c2)o1. The zero-order chi connectivity index (χ0) is 14.5. The van der Waals surface area contributed by atoms with E-state index in [1.54, 1.807) is 24.3 Å². The molecule has 0 aliphatic carbocycles. The first-order valence-corrected chi connectivity index (χ1v) is 5.53. The minimum atomic E-state index is -0.465. The molecular weight excluding hydrogens is 262 g/mol. The normalized spacial score (nSPS) is 10.6. The second-order valence-corrected chi connectivity index (χ2v) is 3.78. The Morgan fingerprint density at radius 3 is 2.80 bits per heavy atom. The van der Waals surface area contributed by atoms with Crippen LogP contribution in [-0.4, -0.2) is 17.1 Å². The lowest BCUT2D eigenvalue weighted by Crippen LogP contribution is -2.21. The highest BCUT2D eigenvalue weighted by molar-refractivity contribution is 5.80. The molecule has 1 heterocycles. The second-order valence-electron chi connectivity index (χ2n) is 3.78. The van der Waals surface area contributed by atoms with E-state index in [2.05, 4.69) is 10.2 Å². The van der Waals surface area contributed by atoms with Gasteiger partial charge in [0.1, 0.15) is 11.5 Å². The number of guanidine groups is 1. The molecule has 2 rings (SSSR count). The predicted octanol–water partition coefficient (Wildman–Crippen LogP) is 1.46. The van der Waals surface area contributed by atoms with Crippen molar-refractivity contribution < 1.29 is 9.34 Å². The lowest BCUT2D eigenvalue weighted by atomic mass is 10.1. The Hall–Kier alpha value is -3.16. The van der Waals surface area contributed by atoms with Crippen LogP contribution in [0.5, 0.6) is 0 Å². The summed E-state index contributed by atoms with van der Waals surface area (Å²) >= 11 is 0. The van der Waals surface area contributed by atoms with Gasteiger partial charge in [0.05, 0.1) is 11.1 Å². The third-order valence-electron chi connectivity index (χ3n) is 2.33. The van der Waals surface area contributed by atoms with Gasteiger partial charge in [-0.2, -0.15) is 5.10 Å². The molecule has 2 aromatic rings. The molecule has 20 heavy (non-hydrogen) atoms. The fourth-order valence-corrected chi connectivity index (χ4v) is 1.50. The van der Waals surface area contributed by atoms with Crippen LogP contribution < -0.4 is 11.5 Å². The van der Waals surface area contributed by atoms with Crippen LogP contribution >= 0.6 is 0 Å². The average Bonchev–Trinajstić information content (AvgIpc) is 2.87. The van der Waals surface area contributed by atoms with E-state index in [9.17, 15) is 10.1 Å². The molecule has 0 aliphatic heterocycles. The highest BCUT2D eigenvalue weighted by Gasteiger charge is 2.09. The molecule has 0 amide bonds. The smallest absolute Gasteiger partial charge is 0.270 e. The van der Waals surface area contributed by atoms with Crippen molar-refractivity contribution >= 4 is 17.9 Å². The van der Waals surface area contributed by atoms with Crippen LogP contribution in [-0.2, 0) is 0 Å². The number of benzene rings is 1. The number of nitrogens with two attached hydrogens (primary N) is 2. The van der Waals surface area contributed by atoms with Crippen molar-refractivity contribution in [3.63, 3.8) is 0 Å². The van der Waals surface area contributed by atoms with Gasteiger partial charge in [0.25, 0.3) is 5.69 Å². The van der Waals surface area contributed by atoms with Gasteiger partial charge in [-0.05, 0) is 12.1 Å². The van der Waals surface area contributed by atoms with Gasteiger partial charge < -0.3 is 15.9 Å². The van der Waals surface area contributed by atoms with E-state index in [0.29, 0.717) is 17.1 Å². The molecule has 0 bridgehead atoms. The number of nitrogens with zero attached hydrogens (tertiary/aromatic N) is 3. The van der Waals surface area contributed by atoms with E-state index in [0.717, 1.165) is 0 Å². The van der Waals surface area contributed by atoms with Gasteiger partial charge in [0, 0.05) is 17.7 Å². The summed E-state index contributed by atoms with van der Waals surface area (Å²) in [5, 5.41) is 17.7. The van der Waals surface area contributed by atoms with Gasteiger partial charge in [0.15, 0.2) is 0 Å². The standard InChI is InChI=1S/C12H11N5O3/c13-12(14)16-15-7-10-4-5-11(20-10)8-2-1-3-9(6-8)17(18)19/h1-7H,(H4,13,14,16)/b15-7+. The number of rotatable bonds is 4. The molecule has 4 N–H and O–H groups in total. The molecule has 1 aromatic carbocycles. The van der Waals surface area contributed by atoms with Gasteiger partial charge in [-0.15, -0.1) is 5.10 Å². The molecule has 0 saturated heterocycles. The van der Waals surface area contributed by atoms with Gasteiger partial charge in [0.2, 0.25) is 5.96 Å². The van der Waals surface area contributed by atoms with Crippen LogP contribution in [0, 0.1) is 10.1 Å². The van der Waals surface area contributed by atoms with E-state index < -0.39 is 4.92 Å². The Morgan fingerprint density at radius 1 is 1.30 bits per heavy atom. The van der Waals surface area contributed by atoms with Gasteiger partial charge in [-0.1, -0.05) is 12.1 Å². The highest BCUT2D eigenvalue weighted by Crippen LogP contribution is 2.25. The van der Waals surface area contributed by atoms with Crippen molar-refractivity contribution in [1.82, 2.24) is 0 Å². The van der Waals surface area contributed by atoms with E-state index in [4.69, 9.17) is 15.9 Å². The number of furan rings is 1. The number of hydrogen-bond donors (Lipinski definition) is 2. The molecule has 0 fully saturated rings. The molecule has 0 saturated carbocycles. The topological polar surface area (TPSA) is 133 Å². The van der Waals surface area contributed by atoms with Crippen molar-refractivity contribution in [3.05, 3.63) is 52.3 Å². The van der Waals surface area contributed by atoms with Crippen molar-refractivity contribution in [2.75, 3.05) is 0 Å². The Labute approximate surface area is 113 Å². The Balaban J connectivity index is 2.24. The van der Waals surface area contributed by atoms with Crippen molar-refractivity contribution in [2.45, 2.75) is 0 Å². The largest absolute Gasteiger partial charge is 0.455 e. The van der Waals surface area contributed by atoms with Crippen molar-refractivity contribution in [2.24, 2.45) is 21.7 Å². The Kier molecular flexibility index (Phi) is 3.75. The average molecular weight is 273 g/mol. The molecule has 0 spiro atoms. The first-order chi connectivity index (χ1) is 9.56. The molecule has 8 nitrogen and oxygen atoms in total. The monoisotopic (exact) mass is 273 g/mol. The lowest BCUT2D eigenvalue weighted by molar-refractivity contribution is -0.384. The number of nitro benzene ring substituents is 1. The third-order valence-corrected chi connectivity index (χ3v) is 2.33. The van der Waals surface area contributed by atoms with Crippen LogP contribution in [0.1, 0.15) is 5.76 Å². The molecule has 0 unspecified atom stereocenters. The summed E-state index contributed by atoms with van der Waals surface area (Å²) in [6.45, 7) is 0. The molecule has 102 valence electrons. The highest BCUT2D eigenvalue weighted by atomic mass is 16.6. The maximum atomic E-state index is 10.7. The van der Waals surface area contributed by atoms with E-state index in [1.807, 2.05) is 0 Å². The minimum absolute atomic E-state index is 0.00498. The zero-order valence-corrected chi connectivity index (χ0v) is 10.3. The number of hydrogen-bond acceptors (Lipinski definition) is 5. The molecule has 0 atom stereocenters. The van der Waals surface area contributed by atoms with Crippen LogP contribution in [0.15, 0.2) is 51.0 Å². The molecule has 8 heteroatoms. The summed E-state index contributed by atoms with van der Waals surface area (Å²) in [4.78, 5) is 10.2. The van der Waals surface area contributed by atoms with Gasteiger partial charge in [-0.25, -0.2) is 0 Å². The fourth-order valence-electron chi connectivity index (χ4n) is 1.50. The Bertz CT molecular complexity index is 686. The minimum Gasteiger partial charge on any atom is -0.455 e. The summed E-state index contributed by atoms with van der Waals surface area (Å²) in [5.74, 6) is 0.753. The van der Waals surface area contributed by atoms with Crippen LogP contribution in [0.4, 0.5) is 5.69 Å². The zero-order valence-electron chi connectivity index (χ0n) is 10.3. The molecule has 0 aliphatic rings. The lowest BCUT2D eigenvalue weighted by Gasteiger charge is -1.96. The quantitative estimate of drug-likeness (QED) is 0.376. The first-order valence-electron chi connectivity index (χ1n) is 5.53. The summed E-state index contributed by atoms with van der Waals surface area (Å²) in [6.07, 6.45) is 1.33. The van der Waals surface area contributed by atoms with Crippen LogP contribution in [0.2, 0.25) is 0 Å². The third kappa shape index (κ3) is 3.19. The van der Waals surface area contributed by atoms with Crippen molar-refractivity contribution in [3.8, 4) is 11.3 Å². The van der Waals surface area contributed by atoms with E-state index >= 15 is 0 Å². The van der Waals surface area contributed by atoms with Gasteiger partial charge in [-0.3, -0.25) is 10.1 Å². The van der Waals surface area contributed by atoms with E-state index in [1.165, 1.54) is 18.3 Å². The molecule has 0 radical (unpaired) electrons. The van der Waals surface area contributed by atoms with Crippen molar-refractivity contribution in [1.29, 1.82) is 0 Å².